The molecule has 210 valence electrons. The number of methoxy groups -OCH3 is 1. The maximum absolute atomic E-state index is 13.8. The van der Waals surface area contributed by atoms with Gasteiger partial charge in [0.05, 0.1) is 45.0 Å². The predicted octanol–water partition coefficient (Wildman–Crippen LogP) is 5.02. The predicted molar refractivity (Wildman–Crippen MR) is 154 cm³/mol. The van der Waals surface area contributed by atoms with Crippen LogP contribution in [0.3, 0.4) is 0 Å². The molecular weight excluding hydrogens is 570 g/mol. The number of benzene rings is 2. The van der Waals surface area contributed by atoms with Crippen molar-refractivity contribution >= 4 is 40.7 Å². The van der Waals surface area contributed by atoms with Gasteiger partial charge >= 0.3 is 5.97 Å². The molecule has 0 saturated carbocycles. The van der Waals surface area contributed by atoms with Gasteiger partial charge < -0.3 is 13.9 Å². The van der Waals surface area contributed by atoms with Crippen LogP contribution in [0.4, 0.5) is 5.69 Å². The van der Waals surface area contributed by atoms with Gasteiger partial charge in [0.2, 0.25) is 0 Å². The zero-order chi connectivity index (χ0) is 29.4. The molecule has 2 aromatic carbocycles. The van der Waals surface area contributed by atoms with E-state index in [4.69, 9.17) is 25.5 Å². The van der Waals surface area contributed by atoms with Crippen LogP contribution in [0, 0.1) is 10.1 Å². The van der Waals surface area contributed by atoms with Gasteiger partial charge in [-0.25, -0.2) is 9.79 Å². The molecule has 5 rings (SSSR count). The maximum Gasteiger partial charge on any atom is 0.338 e. The number of nitro groups is 1. The summed E-state index contributed by atoms with van der Waals surface area (Å²) in [5.41, 5.74) is 1.40. The van der Waals surface area contributed by atoms with Crippen LogP contribution in [0.5, 0.6) is 5.75 Å². The second-order valence-corrected chi connectivity index (χ2v) is 10.8. The molecule has 0 aliphatic carbocycles. The number of non-ortho nitro benzene ring substituents is 1. The number of carbonyl (C=O) groups is 1. The molecule has 10 nitrogen and oxygen atoms in total. The number of rotatable bonds is 7. The minimum absolute atomic E-state index is 0.134. The molecule has 4 aromatic rings. The van der Waals surface area contributed by atoms with Crippen molar-refractivity contribution in [1.82, 2.24) is 4.57 Å². The summed E-state index contributed by atoms with van der Waals surface area (Å²) in [4.78, 5) is 42.5. The van der Waals surface area contributed by atoms with E-state index in [1.165, 1.54) is 22.8 Å². The van der Waals surface area contributed by atoms with E-state index in [0.717, 1.165) is 11.3 Å². The highest BCUT2D eigenvalue weighted by Gasteiger charge is 2.33. The molecule has 0 amide bonds. The average Bonchev–Trinajstić information content (AvgIpc) is 3.51. The van der Waals surface area contributed by atoms with Crippen molar-refractivity contribution in [2.24, 2.45) is 4.99 Å². The fraction of sp³-hybridized carbons (Fsp3) is 0.207. The summed E-state index contributed by atoms with van der Waals surface area (Å²) in [6, 6.07) is 13.8. The van der Waals surface area contributed by atoms with E-state index >= 15 is 0 Å². The number of halogens is 1. The quantitative estimate of drug-likeness (QED) is 0.167. The van der Waals surface area contributed by atoms with E-state index < -0.39 is 16.9 Å². The van der Waals surface area contributed by atoms with E-state index in [1.807, 2.05) is 0 Å². The maximum atomic E-state index is 13.8. The monoisotopic (exact) mass is 593 g/mol. The van der Waals surface area contributed by atoms with Gasteiger partial charge in [0.15, 0.2) is 4.80 Å². The Hall–Kier alpha value is -4.48. The minimum Gasteiger partial charge on any atom is -0.497 e. The van der Waals surface area contributed by atoms with Gasteiger partial charge in [-0.2, -0.15) is 0 Å². The molecule has 0 spiro atoms. The highest BCUT2D eigenvalue weighted by Crippen LogP contribution is 2.33. The molecule has 0 unspecified atom stereocenters. The fourth-order valence-corrected chi connectivity index (χ4v) is 5.78. The molecule has 0 bridgehead atoms. The van der Waals surface area contributed by atoms with E-state index in [-0.39, 0.29) is 27.9 Å². The lowest BCUT2D eigenvalue weighted by atomic mass is 9.96. The van der Waals surface area contributed by atoms with Gasteiger partial charge in [0.1, 0.15) is 17.3 Å². The number of allylic oxidation sites excluding steroid dienone is 1. The average molecular weight is 594 g/mol. The van der Waals surface area contributed by atoms with Crippen molar-refractivity contribution in [3.8, 4) is 17.1 Å². The fourth-order valence-electron chi connectivity index (χ4n) is 4.48. The van der Waals surface area contributed by atoms with Crippen LogP contribution < -0.4 is 19.6 Å². The normalized spacial score (nSPS) is 15.1. The Bertz CT molecular complexity index is 1880. The van der Waals surface area contributed by atoms with Crippen LogP contribution in [0.1, 0.15) is 38.1 Å². The number of esters is 1. The smallest absolute Gasteiger partial charge is 0.338 e. The van der Waals surface area contributed by atoms with E-state index in [0.29, 0.717) is 43.4 Å². The summed E-state index contributed by atoms with van der Waals surface area (Å²) in [5, 5.41) is 11.2. The van der Waals surface area contributed by atoms with Crippen molar-refractivity contribution in [2.75, 3.05) is 7.11 Å². The zero-order valence-corrected chi connectivity index (χ0v) is 24.0. The molecule has 0 radical (unpaired) electrons. The molecule has 3 heterocycles. The van der Waals surface area contributed by atoms with Gasteiger partial charge in [0, 0.05) is 23.8 Å². The van der Waals surface area contributed by atoms with Crippen LogP contribution in [-0.2, 0) is 9.53 Å². The molecule has 41 heavy (non-hydrogen) atoms. The minimum atomic E-state index is -0.767. The van der Waals surface area contributed by atoms with Gasteiger partial charge in [-0.1, -0.05) is 35.1 Å². The van der Waals surface area contributed by atoms with Gasteiger partial charge in [-0.15, -0.1) is 0 Å². The van der Waals surface area contributed by atoms with Crippen LogP contribution in [0.2, 0.25) is 5.02 Å². The second kappa shape index (κ2) is 11.2. The molecule has 0 fully saturated rings. The first-order chi connectivity index (χ1) is 19.6. The number of nitro benzene ring substituents is 1. The molecule has 1 aliphatic heterocycles. The van der Waals surface area contributed by atoms with Gasteiger partial charge in [-0.05, 0) is 56.7 Å². The third-order valence-electron chi connectivity index (χ3n) is 6.34. The Morgan fingerprint density at radius 1 is 1.20 bits per heavy atom. The number of hydrogen-bond donors (Lipinski definition) is 0. The van der Waals surface area contributed by atoms with Crippen LogP contribution in [0.15, 0.2) is 80.1 Å². The molecule has 1 aliphatic rings. The number of fused-ring (bicyclic) bond motifs is 1. The second-order valence-electron chi connectivity index (χ2n) is 9.43. The first-order valence-corrected chi connectivity index (χ1v) is 13.7. The van der Waals surface area contributed by atoms with Gasteiger partial charge in [-0.3, -0.25) is 19.5 Å². The topological polar surface area (TPSA) is 126 Å². The summed E-state index contributed by atoms with van der Waals surface area (Å²) in [6.45, 7) is 5.23. The third-order valence-corrected chi connectivity index (χ3v) is 7.64. The largest absolute Gasteiger partial charge is 0.497 e. The van der Waals surface area contributed by atoms with Crippen molar-refractivity contribution < 1.29 is 23.6 Å². The summed E-state index contributed by atoms with van der Waals surface area (Å²) in [6.07, 6.45) is 1.23. The Kier molecular flexibility index (Phi) is 7.65. The highest BCUT2D eigenvalue weighted by molar-refractivity contribution is 7.07. The summed E-state index contributed by atoms with van der Waals surface area (Å²) in [5.74, 6) is 0.840. The first-order valence-electron chi connectivity index (χ1n) is 12.5. The highest BCUT2D eigenvalue weighted by atomic mass is 35.5. The zero-order valence-electron chi connectivity index (χ0n) is 22.4. The molecule has 0 saturated heterocycles. The molecular formula is C29H24ClN3O7S. The lowest BCUT2D eigenvalue weighted by Gasteiger charge is -2.25. The Balaban J connectivity index is 1.60. The molecule has 2 aromatic heterocycles. The Labute approximate surface area is 242 Å². The van der Waals surface area contributed by atoms with E-state index in [1.54, 1.807) is 70.4 Å². The number of furan rings is 1. The third kappa shape index (κ3) is 5.46. The lowest BCUT2D eigenvalue weighted by Crippen LogP contribution is -2.40. The first kappa shape index (κ1) is 28.1. The lowest BCUT2D eigenvalue weighted by molar-refractivity contribution is -0.384. The molecule has 12 heteroatoms. The molecule has 0 N–H and O–H groups in total. The number of aromatic nitrogens is 1. The number of ether oxygens (including phenoxy) is 2. The Morgan fingerprint density at radius 2 is 1.93 bits per heavy atom. The van der Waals surface area contributed by atoms with Crippen molar-refractivity contribution in [3.05, 3.63) is 112 Å². The van der Waals surface area contributed by atoms with Crippen LogP contribution in [0.25, 0.3) is 17.4 Å². The van der Waals surface area contributed by atoms with Crippen LogP contribution in [-0.4, -0.2) is 28.7 Å². The Morgan fingerprint density at radius 3 is 2.56 bits per heavy atom. The SMILES string of the molecule is COc1ccc([C@@H]2C(C(=O)OC(C)C)=C(C)N=c3s/c(=C\c4ccc(-c5ccc([N+](=O)[O-])cc5Cl)o4)c(=O)n32)cc1. The number of nitrogens with zero attached hydrogens (tertiary/aromatic N) is 3. The van der Waals surface area contributed by atoms with Crippen molar-refractivity contribution in [3.63, 3.8) is 0 Å². The van der Waals surface area contributed by atoms with Crippen LogP contribution >= 0.6 is 22.9 Å². The summed E-state index contributed by atoms with van der Waals surface area (Å²) >= 11 is 7.42. The number of hydrogen-bond acceptors (Lipinski definition) is 9. The summed E-state index contributed by atoms with van der Waals surface area (Å²) in [7, 11) is 1.56. The number of thiazole rings is 1. The van der Waals surface area contributed by atoms with E-state index in [2.05, 4.69) is 4.99 Å². The number of carbonyl (C=O) groups excluding carboxylic acids is 1. The van der Waals surface area contributed by atoms with Crippen molar-refractivity contribution in [2.45, 2.75) is 32.9 Å². The summed E-state index contributed by atoms with van der Waals surface area (Å²) < 4.78 is 18.6. The van der Waals surface area contributed by atoms with Crippen molar-refractivity contribution in [1.29, 1.82) is 0 Å². The van der Waals surface area contributed by atoms with Gasteiger partial charge in [0.25, 0.3) is 11.2 Å². The molecule has 1 atom stereocenters. The standard InChI is InChI=1S/C29H24ClN3O7S/c1-15(2)39-28(35)25-16(3)31-29-32(26(25)17-5-8-19(38-4)9-6-17)27(34)24(41-29)14-20-10-12-23(40-20)21-11-7-18(33(36)37)13-22(21)30/h5-15,26H,1-4H3/b24-14-/t26-/m1/s1. The van der Waals surface area contributed by atoms with E-state index in [9.17, 15) is 19.7 Å².